The minimum atomic E-state index is -0.470. The third-order valence-electron chi connectivity index (χ3n) is 2.74. The van der Waals surface area contributed by atoms with Crippen LogP contribution in [-0.2, 0) is 25.7 Å². The van der Waals surface area contributed by atoms with Gasteiger partial charge in [-0.15, -0.1) is 0 Å². The Labute approximate surface area is 136 Å². The maximum absolute atomic E-state index is 12.2. The molecule has 1 aromatic rings. The number of allylic oxidation sites excluding steroid dienone is 3. The number of ether oxygens (including phenoxy) is 1. The molecule has 0 spiro atoms. The lowest BCUT2D eigenvalue weighted by molar-refractivity contribution is -0.180. The van der Waals surface area contributed by atoms with Crippen molar-refractivity contribution < 1.29 is 19.2 Å². The molecule has 0 aromatic heterocycles. The van der Waals surface area contributed by atoms with Crippen LogP contribution in [-0.4, -0.2) is 30.7 Å². The number of rotatable bonds is 8. The Kier molecular flexibility index (Phi) is 8.78. The Hall–Kier alpha value is -2.66. The van der Waals surface area contributed by atoms with E-state index in [-0.39, 0.29) is 12.5 Å². The average molecular weight is 315 g/mol. The van der Waals surface area contributed by atoms with E-state index in [1.165, 1.54) is 30.4 Å². The van der Waals surface area contributed by atoms with Gasteiger partial charge in [-0.2, -0.15) is 0 Å². The highest BCUT2D eigenvalue weighted by molar-refractivity contribution is 5.87. The topological polar surface area (TPSA) is 55.8 Å². The van der Waals surface area contributed by atoms with Crippen molar-refractivity contribution in [3.8, 4) is 0 Å². The van der Waals surface area contributed by atoms with E-state index in [0.29, 0.717) is 6.54 Å². The second kappa shape index (κ2) is 11.0. The first-order chi connectivity index (χ1) is 11.2. The third-order valence-corrected chi connectivity index (χ3v) is 2.74. The summed E-state index contributed by atoms with van der Waals surface area (Å²) in [7, 11) is 1.30. The summed E-state index contributed by atoms with van der Waals surface area (Å²) in [6.07, 6.45) is 9.40. The number of carbonyl (C=O) groups excluding carboxylic acids is 2. The van der Waals surface area contributed by atoms with Gasteiger partial charge in [0.15, 0.2) is 0 Å². The summed E-state index contributed by atoms with van der Waals surface area (Å²) >= 11 is 0. The first kappa shape index (κ1) is 18.4. The van der Waals surface area contributed by atoms with Gasteiger partial charge in [-0.1, -0.05) is 48.6 Å². The van der Waals surface area contributed by atoms with Crippen LogP contribution in [0.1, 0.15) is 12.5 Å². The SMILES string of the molecule is C/C=C/C=C/C(=O)N(Cc1ccccc1)OC/C=C/C(=O)OC. The van der Waals surface area contributed by atoms with Crippen LogP contribution in [0.2, 0.25) is 0 Å². The van der Waals surface area contributed by atoms with Gasteiger partial charge in [0, 0.05) is 12.2 Å². The van der Waals surface area contributed by atoms with E-state index in [2.05, 4.69) is 4.74 Å². The standard InChI is InChI=1S/C18H21NO4/c1-3-4-6-12-17(20)19(15-16-10-7-5-8-11-16)23-14-9-13-18(21)22-2/h3-13H,14-15H2,1-2H3/b4-3+,12-6+,13-9+. The fourth-order valence-electron chi connectivity index (χ4n) is 1.61. The van der Waals surface area contributed by atoms with E-state index in [1.807, 2.05) is 43.3 Å². The summed E-state index contributed by atoms with van der Waals surface area (Å²) in [6, 6.07) is 9.50. The number of hydroxylamine groups is 2. The van der Waals surface area contributed by atoms with Crippen LogP contribution >= 0.6 is 0 Å². The van der Waals surface area contributed by atoms with Gasteiger partial charge in [0.2, 0.25) is 0 Å². The van der Waals surface area contributed by atoms with Crippen LogP contribution in [0.4, 0.5) is 0 Å². The minimum absolute atomic E-state index is 0.0884. The van der Waals surface area contributed by atoms with Crippen LogP contribution < -0.4 is 0 Å². The second-order valence-electron chi connectivity index (χ2n) is 4.47. The number of hydrogen-bond donors (Lipinski definition) is 0. The molecular formula is C18H21NO4. The van der Waals surface area contributed by atoms with Gasteiger partial charge in [-0.3, -0.25) is 9.63 Å². The van der Waals surface area contributed by atoms with Crippen LogP contribution in [0, 0.1) is 0 Å². The summed E-state index contributed by atoms with van der Waals surface area (Å²) in [5.41, 5.74) is 0.942. The normalized spacial score (nSPS) is 11.4. The van der Waals surface area contributed by atoms with E-state index >= 15 is 0 Å². The number of benzene rings is 1. The highest BCUT2D eigenvalue weighted by atomic mass is 16.7. The fraction of sp³-hybridized carbons (Fsp3) is 0.222. The van der Waals surface area contributed by atoms with Gasteiger partial charge in [-0.25, -0.2) is 9.86 Å². The summed E-state index contributed by atoms with van der Waals surface area (Å²) in [6.45, 7) is 2.27. The zero-order valence-electron chi connectivity index (χ0n) is 13.3. The van der Waals surface area contributed by atoms with Gasteiger partial charge < -0.3 is 4.74 Å². The quantitative estimate of drug-likeness (QED) is 0.320. The van der Waals surface area contributed by atoms with Crippen LogP contribution in [0.25, 0.3) is 0 Å². The van der Waals surface area contributed by atoms with Crippen molar-refractivity contribution in [2.75, 3.05) is 13.7 Å². The maximum atomic E-state index is 12.2. The molecule has 0 saturated heterocycles. The number of methoxy groups -OCH3 is 1. The summed E-state index contributed by atoms with van der Waals surface area (Å²) in [4.78, 5) is 28.6. The van der Waals surface area contributed by atoms with Crippen LogP contribution in [0.15, 0.2) is 66.8 Å². The predicted octanol–water partition coefficient (Wildman–Crippen LogP) is 2.81. The van der Waals surface area contributed by atoms with E-state index in [9.17, 15) is 9.59 Å². The molecule has 0 bridgehead atoms. The summed E-state index contributed by atoms with van der Waals surface area (Å²) in [5.74, 6) is -0.749. The molecule has 0 fully saturated rings. The molecule has 5 nitrogen and oxygen atoms in total. The largest absolute Gasteiger partial charge is 0.466 e. The Morgan fingerprint density at radius 2 is 1.87 bits per heavy atom. The number of esters is 1. The first-order valence-corrected chi connectivity index (χ1v) is 7.19. The van der Waals surface area contributed by atoms with Gasteiger partial charge in [0.25, 0.3) is 5.91 Å². The van der Waals surface area contributed by atoms with E-state index < -0.39 is 5.97 Å². The fourth-order valence-corrected chi connectivity index (χ4v) is 1.61. The molecule has 0 heterocycles. The Morgan fingerprint density at radius 3 is 2.52 bits per heavy atom. The lowest BCUT2D eigenvalue weighted by Crippen LogP contribution is -2.29. The molecule has 0 aliphatic rings. The third kappa shape index (κ3) is 7.78. The molecule has 5 heteroatoms. The van der Waals surface area contributed by atoms with Crippen molar-refractivity contribution in [1.29, 1.82) is 0 Å². The minimum Gasteiger partial charge on any atom is -0.466 e. The average Bonchev–Trinajstić information content (AvgIpc) is 2.58. The van der Waals surface area contributed by atoms with E-state index in [0.717, 1.165) is 5.56 Å². The van der Waals surface area contributed by atoms with Crippen molar-refractivity contribution in [1.82, 2.24) is 5.06 Å². The van der Waals surface area contributed by atoms with E-state index in [1.54, 1.807) is 12.2 Å². The van der Waals surface area contributed by atoms with Gasteiger partial charge in [0.05, 0.1) is 20.3 Å². The molecule has 0 N–H and O–H groups in total. The lowest BCUT2D eigenvalue weighted by Gasteiger charge is -2.19. The smallest absolute Gasteiger partial charge is 0.330 e. The summed E-state index contributed by atoms with van der Waals surface area (Å²) < 4.78 is 4.49. The molecule has 1 amide bonds. The van der Waals surface area contributed by atoms with E-state index in [4.69, 9.17) is 4.84 Å². The van der Waals surface area contributed by atoms with Gasteiger partial charge in [-0.05, 0) is 18.6 Å². The monoisotopic (exact) mass is 315 g/mol. The molecule has 0 saturated carbocycles. The highest BCUT2D eigenvalue weighted by Gasteiger charge is 2.11. The Balaban J connectivity index is 2.69. The van der Waals surface area contributed by atoms with Crippen molar-refractivity contribution in [2.24, 2.45) is 0 Å². The number of amides is 1. The van der Waals surface area contributed by atoms with Gasteiger partial charge >= 0.3 is 5.97 Å². The molecule has 1 rings (SSSR count). The van der Waals surface area contributed by atoms with Crippen molar-refractivity contribution in [3.05, 3.63) is 72.4 Å². The molecule has 0 unspecified atom stereocenters. The van der Waals surface area contributed by atoms with Crippen LogP contribution in [0.3, 0.4) is 0 Å². The first-order valence-electron chi connectivity index (χ1n) is 7.19. The number of nitrogens with zero attached hydrogens (tertiary/aromatic N) is 1. The number of carbonyl (C=O) groups is 2. The predicted molar refractivity (Wildman–Crippen MR) is 88.1 cm³/mol. The van der Waals surface area contributed by atoms with Crippen LogP contribution in [0.5, 0.6) is 0 Å². The molecule has 0 atom stereocenters. The van der Waals surface area contributed by atoms with Gasteiger partial charge in [0.1, 0.15) is 0 Å². The molecule has 0 radical (unpaired) electrons. The van der Waals surface area contributed by atoms with Crippen molar-refractivity contribution in [2.45, 2.75) is 13.5 Å². The molecule has 23 heavy (non-hydrogen) atoms. The highest BCUT2D eigenvalue weighted by Crippen LogP contribution is 2.06. The molecule has 1 aromatic carbocycles. The zero-order chi connectivity index (χ0) is 16.9. The van der Waals surface area contributed by atoms with Crippen molar-refractivity contribution in [3.63, 3.8) is 0 Å². The molecular weight excluding hydrogens is 294 g/mol. The maximum Gasteiger partial charge on any atom is 0.330 e. The number of hydrogen-bond acceptors (Lipinski definition) is 4. The Morgan fingerprint density at radius 1 is 1.13 bits per heavy atom. The second-order valence-corrected chi connectivity index (χ2v) is 4.47. The summed E-state index contributed by atoms with van der Waals surface area (Å²) in [5, 5.41) is 1.25. The lowest BCUT2D eigenvalue weighted by atomic mass is 10.2. The molecule has 0 aliphatic carbocycles. The molecule has 122 valence electrons. The molecule has 0 aliphatic heterocycles. The Bertz CT molecular complexity index is 576. The zero-order valence-corrected chi connectivity index (χ0v) is 13.3. The van der Waals surface area contributed by atoms with Crippen molar-refractivity contribution >= 4 is 11.9 Å².